The van der Waals surface area contributed by atoms with Crippen LogP contribution >= 0.6 is 0 Å². The van der Waals surface area contributed by atoms with Gasteiger partial charge in [-0.2, -0.15) is 9.78 Å². The number of nitrogens with one attached hydrogen (secondary N) is 2. The number of nitrogens with zero attached hydrogens (tertiary/aromatic N) is 4. The summed E-state index contributed by atoms with van der Waals surface area (Å²) < 4.78 is 6.24. The maximum Gasteiger partial charge on any atom is 0.273 e. The molecular formula is C20H22N6O3. The Bertz CT molecular complexity index is 1040. The zero-order valence-corrected chi connectivity index (χ0v) is 16.0. The van der Waals surface area contributed by atoms with Crippen LogP contribution in [0.1, 0.15) is 35.5 Å². The second-order valence-electron chi connectivity index (χ2n) is 7.23. The third-order valence-electron chi connectivity index (χ3n) is 5.01. The summed E-state index contributed by atoms with van der Waals surface area (Å²) in [4.78, 5) is 28.3. The topological polar surface area (TPSA) is 115 Å². The lowest BCUT2D eigenvalue weighted by Crippen LogP contribution is -2.29. The van der Waals surface area contributed by atoms with Crippen molar-refractivity contribution in [2.24, 2.45) is 5.92 Å². The lowest BCUT2D eigenvalue weighted by Gasteiger charge is -2.14. The average molecular weight is 394 g/mol. The second-order valence-corrected chi connectivity index (χ2v) is 7.23. The van der Waals surface area contributed by atoms with Gasteiger partial charge in [-0.15, -0.1) is 0 Å². The van der Waals surface area contributed by atoms with Gasteiger partial charge in [-0.1, -0.05) is 5.16 Å². The normalized spacial score (nSPS) is 18.5. The molecule has 9 nitrogen and oxygen atoms in total. The van der Waals surface area contributed by atoms with Gasteiger partial charge in [0.2, 0.25) is 0 Å². The minimum Gasteiger partial charge on any atom is -0.367 e. The molecule has 3 aromatic heterocycles. The van der Waals surface area contributed by atoms with Crippen molar-refractivity contribution in [3.63, 3.8) is 0 Å². The van der Waals surface area contributed by atoms with Crippen LogP contribution in [0.25, 0.3) is 5.69 Å². The molecule has 0 aliphatic heterocycles. The summed E-state index contributed by atoms with van der Waals surface area (Å²) in [6.45, 7) is 2.37. The molecule has 0 radical (unpaired) electrons. The average Bonchev–Trinajstić information content (AvgIpc) is 3.36. The summed E-state index contributed by atoms with van der Waals surface area (Å²) in [6, 6.07) is 8.65. The van der Waals surface area contributed by atoms with Crippen LogP contribution in [0.2, 0.25) is 0 Å². The standard InChI is InChI=1S/C20H22N6O3/c1-13-9-17(25-29-13)20(28)22-11-14-4-5-15(10-14)24-18-7-6-16(12-21-18)26-19(27)3-2-8-23-26/h2-3,6-9,12,14-15H,4-5,10-11H2,1H3,(H,21,24)(H,22,28)/t14-,15+/m1/s1. The maximum atomic E-state index is 12.1. The fourth-order valence-electron chi connectivity index (χ4n) is 3.55. The van der Waals surface area contributed by atoms with Crippen LogP contribution in [-0.4, -0.2) is 38.4 Å². The van der Waals surface area contributed by atoms with Gasteiger partial charge < -0.3 is 15.2 Å². The monoisotopic (exact) mass is 394 g/mol. The summed E-state index contributed by atoms with van der Waals surface area (Å²) in [5.74, 6) is 1.56. The highest BCUT2D eigenvalue weighted by Gasteiger charge is 2.25. The first-order valence-corrected chi connectivity index (χ1v) is 9.57. The molecule has 0 saturated heterocycles. The Balaban J connectivity index is 1.28. The number of aryl methyl sites for hydroxylation is 1. The molecule has 1 aliphatic rings. The quantitative estimate of drug-likeness (QED) is 0.656. The number of pyridine rings is 1. The number of rotatable bonds is 6. The SMILES string of the molecule is Cc1cc(C(=O)NC[C@@H]2CC[C@H](Nc3ccc(-n4ncccc4=O)cn3)C2)no1. The number of hydrogen-bond acceptors (Lipinski definition) is 7. The van der Waals surface area contributed by atoms with Crippen molar-refractivity contribution in [3.05, 3.63) is 64.5 Å². The molecule has 3 heterocycles. The molecular weight excluding hydrogens is 372 g/mol. The van der Waals surface area contributed by atoms with E-state index < -0.39 is 0 Å². The predicted molar refractivity (Wildman–Crippen MR) is 106 cm³/mol. The number of aromatic nitrogens is 4. The van der Waals surface area contributed by atoms with Gasteiger partial charge in [-0.3, -0.25) is 9.59 Å². The van der Waals surface area contributed by atoms with E-state index in [4.69, 9.17) is 4.52 Å². The van der Waals surface area contributed by atoms with Crippen molar-refractivity contribution in [1.29, 1.82) is 0 Å². The molecule has 1 aliphatic carbocycles. The highest BCUT2D eigenvalue weighted by Crippen LogP contribution is 2.27. The Hall–Kier alpha value is -3.49. The van der Waals surface area contributed by atoms with Gasteiger partial charge in [0.15, 0.2) is 5.69 Å². The summed E-state index contributed by atoms with van der Waals surface area (Å²) in [7, 11) is 0. The van der Waals surface area contributed by atoms with Gasteiger partial charge >= 0.3 is 0 Å². The Morgan fingerprint density at radius 1 is 1.31 bits per heavy atom. The van der Waals surface area contributed by atoms with Crippen LogP contribution in [0.4, 0.5) is 5.82 Å². The van der Waals surface area contributed by atoms with E-state index in [1.165, 1.54) is 10.7 Å². The molecule has 3 aromatic rings. The number of anilines is 1. The summed E-state index contributed by atoms with van der Waals surface area (Å²) >= 11 is 0. The summed E-state index contributed by atoms with van der Waals surface area (Å²) in [6.07, 6.45) is 6.17. The van der Waals surface area contributed by atoms with Gasteiger partial charge in [-0.05, 0) is 50.3 Å². The number of carbonyl (C=O) groups is 1. The lowest BCUT2D eigenvalue weighted by molar-refractivity contribution is 0.0938. The predicted octanol–water partition coefficient (Wildman–Crippen LogP) is 1.93. The van der Waals surface area contributed by atoms with E-state index in [9.17, 15) is 9.59 Å². The van der Waals surface area contributed by atoms with Crippen LogP contribution in [0.5, 0.6) is 0 Å². The first-order valence-electron chi connectivity index (χ1n) is 9.57. The minimum absolute atomic E-state index is 0.198. The fraction of sp³-hybridized carbons (Fsp3) is 0.350. The van der Waals surface area contributed by atoms with Crippen molar-refractivity contribution in [2.45, 2.75) is 32.2 Å². The van der Waals surface area contributed by atoms with Gasteiger partial charge in [-0.25, -0.2) is 4.98 Å². The van der Waals surface area contributed by atoms with Crippen molar-refractivity contribution >= 4 is 11.7 Å². The van der Waals surface area contributed by atoms with Crippen LogP contribution in [0.15, 0.2) is 52.0 Å². The van der Waals surface area contributed by atoms with Gasteiger partial charge in [0.05, 0.1) is 11.9 Å². The molecule has 29 heavy (non-hydrogen) atoms. The second kappa shape index (κ2) is 8.26. The van der Waals surface area contributed by atoms with Crippen LogP contribution in [0, 0.1) is 12.8 Å². The molecule has 2 N–H and O–H groups in total. The molecule has 9 heteroatoms. The molecule has 2 atom stereocenters. The molecule has 150 valence electrons. The highest BCUT2D eigenvalue weighted by atomic mass is 16.5. The van der Waals surface area contributed by atoms with Crippen molar-refractivity contribution in [1.82, 2.24) is 25.2 Å². The molecule has 4 rings (SSSR count). The molecule has 1 saturated carbocycles. The summed E-state index contributed by atoms with van der Waals surface area (Å²) in [5.41, 5.74) is 0.735. The van der Waals surface area contributed by atoms with E-state index in [1.807, 2.05) is 12.1 Å². The molecule has 0 unspecified atom stereocenters. The van der Waals surface area contributed by atoms with Crippen molar-refractivity contribution in [3.8, 4) is 5.69 Å². The fourth-order valence-corrected chi connectivity index (χ4v) is 3.55. The van der Waals surface area contributed by atoms with E-state index >= 15 is 0 Å². The Morgan fingerprint density at radius 3 is 2.93 bits per heavy atom. The van der Waals surface area contributed by atoms with Crippen molar-refractivity contribution < 1.29 is 9.32 Å². The minimum atomic E-state index is -0.208. The van der Waals surface area contributed by atoms with Crippen LogP contribution < -0.4 is 16.2 Å². The third-order valence-corrected chi connectivity index (χ3v) is 5.01. The van der Waals surface area contributed by atoms with E-state index in [0.717, 1.165) is 25.1 Å². The first-order chi connectivity index (χ1) is 14.1. The van der Waals surface area contributed by atoms with Crippen LogP contribution in [-0.2, 0) is 0 Å². The van der Waals surface area contributed by atoms with E-state index in [2.05, 4.69) is 25.9 Å². The Kier molecular flexibility index (Phi) is 5.37. The molecule has 0 aromatic carbocycles. The maximum absolute atomic E-state index is 12.1. The first kappa shape index (κ1) is 18.9. The number of carbonyl (C=O) groups excluding carboxylic acids is 1. The van der Waals surface area contributed by atoms with Crippen molar-refractivity contribution in [2.75, 3.05) is 11.9 Å². The third kappa shape index (κ3) is 4.50. The van der Waals surface area contributed by atoms with E-state index in [-0.39, 0.29) is 11.5 Å². The van der Waals surface area contributed by atoms with Crippen LogP contribution in [0.3, 0.4) is 0 Å². The summed E-state index contributed by atoms with van der Waals surface area (Å²) in [5, 5.41) is 14.1. The Labute approximate surface area is 167 Å². The smallest absolute Gasteiger partial charge is 0.273 e. The molecule has 0 bridgehead atoms. The largest absolute Gasteiger partial charge is 0.367 e. The molecule has 0 spiro atoms. The van der Waals surface area contributed by atoms with E-state index in [0.29, 0.717) is 35.6 Å². The van der Waals surface area contributed by atoms with Gasteiger partial charge in [0.25, 0.3) is 11.5 Å². The molecule has 1 fully saturated rings. The molecule has 1 amide bonds. The van der Waals surface area contributed by atoms with E-state index in [1.54, 1.807) is 31.5 Å². The van der Waals surface area contributed by atoms with Gasteiger partial charge in [0.1, 0.15) is 11.6 Å². The Morgan fingerprint density at radius 2 is 2.21 bits per heavy atom. The number of amides is 1. The number of hydrogen-bond donors (Lipinski definition) is 2. The zero-order valence-electron chi connectivity index (χ0n) is 16.0. The zero-order chi connectivity index (χ0) is 20.2. The highest BCUT2D eigenvalue weighted by molar-refractivity contribution is 5.92. The van der Waals surface area contributed by atoms with Gasteiger partial charge in [0, 0.05) is 30.9 Å². The lowest BCUT2D eigenvalue weighted by atomic mass is 10.1.